The third kappa shape index (κ3) is 2.93. The van der Waals surface area contributed by atoms with Crippen molar-refractivity contribution < 1.29 is 4.79 Å². The van der Waals surface area contributed by atoms with Crippen LogP contribution in [0.1, 0.15) is 66.6 Å². The molecule has 1 fully saturated rings. The van der Waals surface area contributed by atoms with Gasteiger partial charge in [-0.05, 0) is 61.5 Å². The van der Waals surface area contributed by atoms with Crippen molar-refractivity contribution >= 4 is 17.2 Å². The molecule has 1 N–H and O–H groups in total. The van der Waals surface area contributed by atoms with Crippen LogP contribution in [-0.2, 0) is 12.8 Å². The fourth-order valence-electron chi connectivity index (χ4n) is 3.63. The molecule has 3 heteroatoms. The van der Waals surface area contributed by atoms with Crippen molar-refractivity contribution in [2.45, 2.75) is 65.3 Å². The zero-order valence-corrected chi connectivity index (χ0v) is 13.6. The number of amides is 1. The number of fused-ring (bicyclic) bond motifs is 1. The number of hydrogen-bond donors (Lipinski definition) is 1. The average molecular weight is 291 g/mol. The van der Waals surface area contributed by atoms with E-state index in [9.17, 15) is 4.79 Å². The standard InChI is InChI=1S/C17H25NOS/c1-11-4-5-14-12(8-11)9-15(20-14)16(19)18-13-6-7-17(2,3)10-13/h9,11,13H,4-8,10H2,1-3H3,(H,18,19). The zero-order chi connectivity index (χ0) is 14.3. The average Bonchev–Trinajstić information content (AvgIpc) is 2.92. The van der Waals surface area contributed by atoms with Gasteiger partial charge in [-0.3, -0.25) is 4.79 Å². The normalized spacial score (nSPS) is 28.1. The molecule has 0 aromatic carbocycles. The van der Waals surface area contributed by atoms with Crippen LogP contribution in [0.5, 0.6) is 0 Å². The molecule has 2 unspecified atom stereocenters. The third-order valence-corrected chi connectivity index (χ3v) is 6.09. The first kappa shape index (κ1) is 14.1. The Morgan fingerprint density at radius 3 is 2.90 bits per heavy atom. The smallest absolute Gasteiger partial charge is 0.261 e. The van der Waals surface area contributed by atoms with Gasteiger partial charge in [0, 0.05) is 10.9 Å². The molecule has 0 radical (unpaired) electrons. The van der Waals surface area contributed by atoms with Crippen LogP contribution in [0.25, 0.3) is 0 Å². The highest BCUT2D eigenvalue weighted by Crippen LogP contribution is 2.37. The molecule has 1 saturated carbocycles. The molecule has 2 aliphatic carbocycles. The first-order valence-corrected chi connectivity index (χ1v) is 8.67. The summed E-state index contributed by atoms with van der Waals surface area (Å²) in [6.07, 6.45) is 7.03. The fourth-order valence-corrected chi connectivity index (χ4v) is 4.75. The molecule has 3 rings (SSSR count). The lowest BCUT2D eigenvalue weighted by atomic mass is 9.90. The molecular formula is C17H25NOS. The SMILES string of the molecule is CC1CCc2sc(C(=O)NC3CCC(C)(C)C3)cc2C1. The summed E-state index contributed by atoms with van der Waals surface area (Å²) in [6, 6.07) is 2.51. The highest BCUT2D eigenvalue weighted by Gasteiger charge is 2.32. The lowest BCUT2D eigenvalue weighted by Crippen LogP contribution is -2.33. The van der Waals surface area contributed by atoms with Crippen LogP contribution >= 0.6 is 11.3 Å². The van der Waals surface area contributed by atoms with Crippen molar-refractivity contribution in [3.63, 3.8) is 0 Å². The molecule has 0 spiro atoms. The van der Waals surface area contributed by atoms with E-state index in [2.05, 4.69) is 32.2 Å². The largest absolute Gasteiger partial charge is 0.349 e. The molecule has 1 aromatic rings. The van der Waals surface area contributed by atoms with Crippen LogP contribution in [0.2, 0.25) is 0 Å². The molecule has 20 heavy (non-hydrogen) atoms. The molecule has 110 valence electrons. The van der Waals surface area contributed by atoms with Gasteiger partial charge in [0.2, 0.25) is 0 Å². The molecule has 2 nitrogen and oxygen atoms in total. The van der Waals surface area contributed by atoms with E-state index in [1.165, 1.54) is 23.3 Å². The minimum atomic E-state index is 0.153. The van der Waals surface area contributed by atoms with E-state index in [-0.39, 0.29) is 5.91 Å². The van der Waals surface area contributed by atoms with Crippen molar-refractivity contribution in [3.05, 3.63) is 21.4 Å². The number of carbonyl (C=O) groups is 1. The molecule has 1 heterocycles. The van der Waals surface area contributed by atoms with Crippen molar-refractivity contribution in [3.8, 4) is 0 Å². The number of nitrogens with one attached hydrogen (secondary N) is 1. The lowest BCUT2D eigenvalue weighted by molar-refractivity contribution is 0.0940. The number of hydrogen-bond acceptors (Lipinski definition) is 2. The Balaban J connectivity index is 1.66. The molecule has 1 aromatic heterocycles. The van der Waals surface area contributed by atoms with Crippen molar-refractivity contribution in [1.29, 1.82) is 0 Å². The van der Waals surface area contributed by atoms with Crippen LogP contribution in [0.15, 0.2) is 6.07 Å². The minimum Gasteiger partial charge on any atom is -0.349 e. The third-order valence-electron chi connectivity index (χ3n) is 4.86. The Morgan fingerprint density at radius 1 is 1.40 bits per heavy atom. The summed E-state index contributed by atoms with van der Waals surface area (Å²) in [5.74, 6) is 0.920. The topological polar surface area (TPSA) is 29.1 Å². The monoisotopic (exact) mass is 291 g/mol. The van der Waals surface area contributed by atoms with E-state index < -0.39 is 0 Å². The van der Waals surface area contributed by atoms with Crippen LogP contribution in [0, 0.1) is 11.3 Å². The first-order valence-electron chi connectivity index (χ1n) is 7.85. The Labute approximate surface area is 126 Å². The fraction of sp³-hybridized carbons (Fsp3) is 0.706. The van der Waals surface area contributed by atoms with Crippen molar-refractivity contribution in [2.75, 3.05) is 0 Å². The van der Waals surface area contributed by atoms with E-state index in [4.69, 9.17) is 0 Å². The van der Waals surface area contributed by atoms with Crippen LogP contribution < -0.4 is 5.32 Å². The first-order chi connectivity index (χ1) is 9.43. The molecule has 0 bridgehead atoms. The number of aryl methyl sites for hydroxylation is 1. The second-order valence-corrected chi connectivity index (χ2v) is 8.62. The van der Waals surface area contributed by atoms with E-state index in [1.807, 2.05) is 0 Å². The Bertz CT molecular complexity index is 517. The minimum absolute atomic E-state index is 0.153. The van der Waals surface area contributed by atoms with E-state index in [0.717, 1.165) is 36.5 Å². The van der Waals surface area contributed by atoms with Crippen molar-refractivity contribution in [1.82, 2.24) is 5.32 Å². The number of thiophene rings is 1. The zero-order valence-electron chi connectivity index (χ0n) is 12.8. The summed E-state index contributed by atoms with van der Waals surface area (Å²) in [4.78, 5) is 14.8. The number of rotatable bonds is 2. The van der Waals surface area contributed by atoms with Crippen molar-refractivity contribution in [2.24, 2.45) is 11.3 Å². The molecule has 1 amide bonds. The molecular weight excluding hydrogens is 266 g/mol. The van der Waals surface area contributed by atoms with Gasteiger partial charge < -0.3 is 5.32 Å². The van der Waals surface area contributed by atoms with Gasteiger partial charge >= 0.3 is 0 Å². The molecule has 0 saturated heterocycles. The predicted octanol–water partition coefficient (Wildman–Crippen LogP) is 4.18. The quantitative estimate of drug-likeness (QED) is 0.870. The van der Waals surface area contributed by atoms with E-state index in [0.29, 0.717) is 11.5 Å². The Kier molecular flexibility index (Phi) is 3.65. The highest BCUT2D eigenvalue weighted by molar-refractivity contribution is 7.14. The molecule has 0 aliphatic heterocycles. The van der Waals surface area contributed by atoms with E-state index in [1.54, 1.807) is 11.3 Å². The van der Waals surface area contributed by atoms with Gasteiger partial charge in [0.1, 0.15) is 0 Å². The van der Waals surface area contributed by atoms with E-state index >= 15 is 0 Å². The van der Waals surface area contributed by atoms with Crippen LogP contribution in [0.3, 0.4) is 0 Å². The maximum absolute atomic E-state index is 12.4. The van der Waals surface area contributed by atoms with Gasteiger partial charge in [-0.25, -0.2) is 0 Å². The van der Waals surface area contributed by atoms with Crippen LogP contribution in [-0.4, -0.2) is 11.9 Å². The predicted molar refractivity (Wildman–Crippen MR) is 84.4 cm³/mol. The summed E-state index contributed by atoms with van der Waals surface area (Å²) in [5, 5.41) is 3.24. The second kappa shape index (κ2) is 5.18. The summed E-state index contributed by atoms with van der Waals surface area (Å²) in [5.41, 5.74) is 1.81. The summed E-state index contributed by atoms with van der Waals surface area (Å²) >= 11 is 1.72. The van der Waals surface area contributed by atoms with Gasteiger partial charge in [-0.2, -0.15) is 0 Å². The highest BCUT2D eigenvalue weighted by atomic mass is 32.1. The van der Waals surface area contributed by atoms with Gasteiger partial charge in [-0.15, -0.1) is 11.3 Å². The molecule has 2 atom stereocenters. The maximum atomic E-state index is 12.4. The van der Waals surface area contributed by atoms with Gasteiger partial charge in [0.05, 0.1) is 4.88 Å². The lowest BCUT2D eigenvalue weighted by Gasteiger charge is -2.17. The second-order valence-electron chi connectivity index (χ2n) is 7.48. The van der Waals surface area contributed by atoms with Gasteiger partial charge in [0.15, 0.2) is 0 Å². The van der Waals surface area contributed by atoms with Gasteiger partial charge in [-0.1, -0.05) is 20.8 Å². The maximum Gasteiger partial charge on any atom is 0.261 e. The van der Waals surface area contributed by atoms with Crippen LogP contribution in [0.4, 0.5) is 0 Å². The Hall–Kier alpha value is -0.830. The molecule has 2 aliphatic rings. The summed E-state index contributed by atoms with van der Waals surface area (Å²) < 4.78 is 0. The Morgan fingerprint density at radius 2 is 2.20 bits per heavy atom. The van der Waals surface area contributed by atoms with Gasteiger partial charge in [0.25, 0.3) is 5.91 Å². The summed E-state index contributed by atoms with van der Waals surface area (Å²) in [6.45, 7) is 6.90. The summed E-state index contributed by atoms with van der Waals surface area (Å²) in [7, 11) is 0. The number of carbonyl (C=O) groups excluding carboxylic acids is 1.